The molecule has 174 valence electrons. The number of amidine groups is 1. The number of ether oxygens (including phenoxy) is 1. The second-order valence-corrected chi connectivity index (χ2v) is 10.9. The molecule has 33 heavy (non-hydrogen) atoms. The Hall–Kier alpha value is -2.67. The van der Waals surface area contributed by atoms with Crippen molar-refractivity contribution in [2.75, 3.05) is 23.9 Å². The molecule has 1 aromatic carbocycles. The lowest BCUT2D eigenvalue weighted by molar-refractivity contribution is -0.117. The highest BCUT2D eigenvalue weighted by molar-refractivity contribution is 14.1. The van der Waals surface area contributed by atoms with Crippen LogP contribution in [0.1, 0.15) is 37.0 Å². The summed E-state index contributed by atoms with van der Waals surface area (Å²) in [7, 11) is -2.69. The van der Waals surface area contributed by atoms with Gasteiger partial charge in [0.05, 0.1) is 19.2 Å². The number of carbonyl (C=O) groups is 2. The Morgan fingerprint density at radius 2 is 1.94 bits per heavy atom. The van der Waals surface area contributed by atoms with Crippen molar-refractivity contribution < 1.29 is 27.2 Å². The lowest BCUT2D eigenvalue weighted by Crippen LogP contribution is -2.37. The molecule has 0 radical (unpaired) electrons. The number of anilines is 2. The molecule has 0 atom stereocenters. The van der Waals surface area contributed by atoms with Crippen molar-refractivity contribution in [3.8, 4) is 0 Å². The molecule has 9 nitrogen and oxygen atoms in total. The Morgan fingerprint density at radius 3 is 2.64 bits per heavy atom. The second kappa shape index (κ2) is 8.93. The maximum atomic E-state index is 13.4. The van der Waals surface area contributed by atoms with Crippen molar-refractivity contribution in [1.82, 2.24) is 0 Å². The number of halogens is 1. The number of hydrogen-bond donors (Lipinski definition) is 1. The molecule has 0 fully saturated rings. The summed E-state index contributed by atoms with van der Waals surface area (Å²) in [6, 6.07) is 8.26. The van der Waals surface area contributed by atoms with Gasteiger partial charge in [0.2, 0.25) is 5.91 Å². The van der Waals surface area contributed by atoms with E-state index in [0.29, 0.717) is 35.5 Å². The van der Waals surface area contributed by atoms with E-state index in [1.807, 2.05) is 36.4 Å². The van der Waals surface area contributed by atoms with Crippen LogP contribution < -0.4 is 10.2 Å². The predicted molar refractivity (Wildman–Crippen MR) is 133 cm³/mol. The normalized spacial score (nSPS) is 14.6. The lowest BCUT2D eigenvalue weighted by Gasteiger charge is -2.25. The lowest BCUT2D eigenvalue weighted by atomic mass is 10.1. The standard InChI is InChI=1S/C22H22IN3O6S/c1-12(2)8-9-26(21-16-7-6-15(32-16)20(21)22(28)31-3)19(27)11-18-24-14-5-4-13(23)10-17(14)33(29,30)25-18/h4-7,10,12H,8-9,11H2,1-3H3,(H,24,25). The first-order valence-electron chi connectivity index (χ1n) is 10.2. The Morgan fingerprint density at radius 1 is 1.21 bits per heavy atom. The summed E-state index contributed by atoms with van der Waals surface area (Å²) in [5, 5.41) is 2.96. The number of sulfonamides is 1. The number of esters is 1. The fourth-order valence-electron chi connectivity index (χ4n) is 3.66. The number of hydrogen-bond acceptors (Lipinski definition) is 7. The molecule has 1 aliphatic rings. The Bertz CT molecular complexity index is 1360. The smallest absolute Gasteiger partial charge is 0.343 e. The van der Waals surface area contributed by atoms with Gasteiger partial charge in [-0.1, -0.05) is 13.8 Å². The van der Waals surface area contributed by atoms with Gasteiger partial charge < -0.3 is 19.4 Å². The average molecular weight is 583 g/mol. The van der Waals surface area contributed by atoms with Crippen LogP contribution in [-0.2, 0) is 19.6 Å². The summed E-state index contributed by atoms with van der Waals surface area (Å²) >= 11 is 2.03. The van der Waals surface area contributed by atoms with Gasteiger partial charge in [0, 0.05) is 10.1 Å². The van der Waals surface area contributed by atoms with Crippen molar-refractivity contribution in [2.24, 2.45) is 10.3 Å². The van der Waals surface area contributed by atoms with Crippen molar-refractivity contribution in [1.29, 1.82) is 0 Å². The number of benzene rings is 2. The van der Waals surface area contributed by atoms with Crippen LogP contribution in [-0.4, -0.2) is 39.8 Å². The number of nitrogens with zero attached hydrogens (tertiary/aromatic N) is 2. The maximum Gasteiger partial charge on any atom is 0.343 e. The molecule has 11 heteroatoms. The molecule has 2 bridgehead atoms. The van der Waals surface area contributed by atoms with E-state index in [2.05, 4.69) is 9.71 Å². The van der Waals surface area contributed by atoms with Gasteiger partial charge in [0.1, 0.15) is 27.6 Å². The molecule has 1 amide bonds. The molecule has 3 heterocycles. The van der Waals surface area contributed by atoms with E-state index in [-0.39, 0.29) is 28.6 Å². The van der Waals surface area contributed by atoms with Crippen LogP contribution in [0.2, 0.25) is 0 Å². The van der Waals surface area contributed by atoms with Gasteiger partial charge in [0.25, 0.3) is 10.0 Å². The predicted octanol–water partition coefficient (Wildman–Crippen LogP) is 4.24. The third kappa shape index (κ3) is 4.56. The van der Waals surface area contributed by atoms with E-state index < -0.39 is 21.9 Å². The number of rotatable bonds is 7. The van der Waals surface area contributed by atoms with Gasteiger partial charge in [-0.05, 0) is 65.3 Å². The fraction of sp³-hybridized carbons (Fsp3) is 0.318. The van der Waals surface area contributed by atoms with Gasteiger partial charge >= 0.3 is 5.97 Å². The summed E-state index contributed by atoms with van der Waals surface area (Å²) in [5.41, 5.74) is 1.59. The van der Waals surface area contributed by atoms with Gasteiger partial charge in [-0.3, -0.25) is 4.79 Å². The topological polar surface area (TPSA) is 118 Å². The van der Waals surface area contributed by atoms with Gasteiger partial charge in [-0.15, -0.1) is 4.40 Å². The molecule has 0 unspecified atom stereocenters. The van der Waals surface area contributed by atoms with Gasteiger partial charge in [-0.25, -0.2) is 4.79 Å². The van der Waals surface area contributed by atoms with Crippen LogP contribution in [0.15, 0.2) is 44.0 Å². The summed E-state index contributed by atoms with van der Waals surface area (Å²) in [4.78, 5) is 27.4. The molecule has 0 spiro atoms. The van der Waals surface area contributed by atoms with Crippen molar-refractivity contribution >= 4 is 72.9 Å². The number of nitrogens with one attached hydrogen (secondary N) is 1. The quantitative estimate of drug-likeness (QED) is 0.327. The first-order valence-corrected chi connectivity index (χ1v) is 12.8. The Balaban J connectivity index is 1.68. The summed E-state index contributed by atoms with van der Waals surface area (Å²) in [6.45, 7) is 4.36. The van der Waals surface area contributed by atoms with E-state index in [9.17, 15) is 18.0 Å². The molecule has 0 saturated carbocycles. The Kier molecular flexibility index (Phi) is 6.36. The minimum absolute atomic E-state index is 0.0146. The molecule has 3 aromatic rings. The van der Waals surface area contributed by atoms with Crippen molar-refractivity contribution in [3.05, 3.63) is 39.5 Å². The Labute approximate surface area is 204 Å². The highest BCUT2D eigenvalue weighted by Crippen LogP contribution is 2.38. The second-order valence-electron chi connectivity index (χ2n) is 8.06. The van der Waals surface area contributed by atoms with E-state index >= 15 is 0 Å². The molecule has 4 rings (SSSR count). The SMILES string of the molecule is COC(=O)c1c(N(CCC(C)C)C(=O)CC2=NS(=O)(=O)c3cc(I)ccc3N2)c2ccc1o2. The van der Waals surface area contributed by atoms with Gasteiger partial charge in [-0.2, -0.15) is 8.42 Å². The minimum atomic E-state index is -3.95. The monoisotopic (exact) mass is 583 g/mol. The maximum absolute atomic E-state index is 13.4. The van der Waals surface area contributed by atoms with Crippen LogP contribution >= 0.6 is 22.6 Å². The molecule has 2 aromatic heterocycles. The largest absolute Gasteiger partial charge is 0.465 e. The zero-order chi connectivity index (χ0) is 23.9. The van der Waals surface area contributed by atoms with E-state index in [0.717, 1.165) is 3.57 Å². The zero-order valence-electron chi connectivity index (χ0n) is 18.2. The van der Waals surface area contributed by atoms with Gasteiger partial charge in [0.15, 0.2) is 5.58 Å². The molecule has 1 N–H and O–H groups in total. The first kappa shape index (κ1) is 23.5. The van der Waals surface area contributed by atoms with Crippen LogP contribution in [0.3, 0.4) is 0 Å². The number of carbonyl (C=O) groups excluding carboxylic acids is 2. The number of furan rings is 2. The number of amides is 1. The first-order chi connectivity index (χ1) is 15.6. The van der Waals surface area contributed by atoms with Crippen LogP contribution in [0, 0.1) is 9.49 Å². The molecular formula is C22H22IN3O6S. The summed E-state index contributed by atoms with van der Waals surface area (Å²) in [5.74, 6) is -0.725. The fourth-order valence-corrected chi connectivity index (χ4v) is 5.53. The van der Waals surface area contributed by atoms with Crippen LogP contribution in [0.4, 0.5) is 11.4 Å². The summed E-state index contributed by atoms with van der Waals surface area (Å²) in [6.07, 6.45) is 0.364. The van der Waals surface area contributed by atoms with E-state index in [1.165, 1.54) is 18.1 Å². The molecule has 0 aliphatic carbocycles. The highest BCUT2D eigenvalue weighted by atomic mass is 127. The van der Waals surface area contributed by atoms with Crippen LogP contribution in [0.5, 0.6) is 0 Å². The molecule has 1 aliphatic heterocycles. The highest BCUT2D eigenvalue weighted by Gasteiger charge is 2.32. The van der Waals surface area contributed by atoms with Crippen LogP contribution in [0.25, 0.3) is 11.2 Å². The molecule has 0 saturated heterocycles. The third-order valence-corrected chi connectivity index (χ3v) is 7.29. The molecular weight excluding hydrogens is 561 g/mol. The minimum Gasteiger partial charge on any atom is -0.465 e. The van der Waals surface area contributed by atoms with Crippen molar-refractivity contribution in [2.45, 2.75) is 31.6 Å². The van der Waals surface area contributed by atoms with E-state index in [4.69, 9.17) is 9.15 Å². The zero-order valence-corrected chi connectivity index (χ0v) is 21.2. The van der Waals surface area contributed by atoms with Crippen molar-refractivity contribution in [3.63, 3.8) is 0 Å². The summed E-state index contributed by atoms with van der Waals surface area (Å²) < 4.78 is 40.5. The number of methoxy groups -OCH3 is 1. The number of fused-ring (bicyclic) bond motifs is 3. The third-order valence-electron chi connectivity index (χ3n) is 5.26. The average Bonchev–Trinajstić information content (AvgIpc) is 3.35. The van der Waals surface area contributed by atoms with E-state index in [1.54, 1.807) is 24.3 Å².